The molecule has 0 unspecified atom stereocenters. The fourth-order valence-corrected chi connectivity index (χ4v) is 4.21. The highest BCUT2D eigenvalue weighted by molar-refractivity contribution is 5.95. The number of ether oxygens (including phenoxy) is 1. The Balaban J connectivity index is 1.33. The van der Waals surface area contributed by atoms with Gasteiger partial charge in [-0.2, -0.15) is 5.10 Å². The first-order valence-corrected chi connectivity index (χ1v) is 10.6. The first kappa shape index (κ1) is 19.8. The predicted octanol–water partition coefficient (Wildman–Crippen LogP) is 2.29. The minimum atomic E-state index is -0.0189. The van der Waals surface area contributed by atoms with E-state index in [-0.39, 0.29) is 11.9 Å². The van der Waals surface area contributed by atoms with Gasteiger partial charge in [0.25, 0.3) is 5.91 Å². The van der Waals surface area contributed by atoms with Gasteiger partial charge in [-0.25, -0.2) is 9.97 Å². The lowest BCUT2D eigenvalue weighted by molar-refractivity contribution is 0.0656. The summed E-state index contributed by atoms with van der Waals surface area (Å²) in [5.74, 6) is 0.963. The molecule has 0 spiro atoms. The topological polar surface area (TPSA) is 85.2 Å². The number of carbonyl (C=O) groups excluding carboxylic acids is 1. The second-order valence-electron chi connectivity index (χ2n) is 7.89. The molecule has 0 saturated carbocycles. The maximum Gasteiger partial charge on any atom is 0.254 e. The van der Waals surface area contributed by atoms with Gasteiger partial charge in [-0.15, -0.1) is 0 Å². The van der Waals surface area contributed by atoms with E-state index in [0.29, 0.717) is 11.6 Å². The second kappa shape index (κ2) is 8.90. The molecule has 2 aromatic heterocycles. The smallest absolute Gasteiger partial charge is 0.254 e. The first-order valence-electron chi connectivity index (χ1n) is 10.6. The third-order valence-corrected chi connectivity index (χ3v) is 6.05. The van der Waals surface area contributed by atoms with Crippen LogP contribution in [0, 0.1) is 6.92 Å². The van der Waals surface area contributed by atoms with Crippen molar-refractivity contribution in [2.24, 2.45) is 0 Å². The van der Waals surface area contributed by atoms with Crippen LogP contribution >= 0.6 is 0 Å². The second-order valence-corrected chi connectivity index (χ2v) is 7.89. The Morgan fingerprint density at radius 2 is 1.97 bits per heavy atom. The molecule has 2 fully saturated rings. The lowest BCUT2D eigenvalue weighted by atomic mass is 10.0. The number of carbonyl (C=O) groups is 1. The maximum atomic E-state index is 12.8. The third kappa shape index (κ3) is 4.42. The van der Waals surface area contributed by atoms with Crippen LogP contribution in [0.3, 0.4) is 0 Å². The van der Waals surface area contributed by atoms with Gasteiger partial charge in [0.05, 0.1) is 17.8 Å². The number of aryl methyl sites for hydroxylation is 1. The Morgan fingerprint density at radius 1 is 1.21 bits per heavy atom. The molecule has 2 aliphatic rings. The highest BCUT2D eigenvalue weighted by Gasteiger charge is 2.25. The molecule has 8 heteroatoms. The molecule has 4 heterocycles. The van der Waals surface area contributed by atoms with Gasteiger partial charge in [0.1, 0.15) is 12.1 Å². The minimum Gasteiger partial charge on any atom is -0.381 e. The van der Waals surface area contributed by atoms with Gasteiger partial charge in [-0.05, 0) is 39.0 Å². The quantitative estimate of drug-likeness (QED) is 0.832. The molecule has 2 saturated heterocycles. The normalized spacial score (nSPS) is 18.8. The average Bonchev–Trinajstić information content (AvgIpc) is 3.16. The van der Waals surface area contributed by atoms with E-state index in [4.69, 9.17) is 4.74 Å². The van der Waals surface area contributed by atoms with E-state index in [0.717, 1.165) is 75.6 Å². The fourth-order valence-electron chi connectivity index (χ4n) is 4.21. The highest BCUT2D eigenvalue weighted by atomic mass is 16.5. The molecule has 1 amide bonds. The van der Waals surface area contributed by atoms with Crippen molar-refractivity contribution in [2.75, 3.05) is 31.2 Å². The Morgan fingerprint density at radius 3 is 2.69 bits per heavy atom. The van der Waals surface area contributed by atoms with Crippen molar-refractivity contribution in [3.63, 3.8) is 0 Å². The summed E-state index contributed by atoms with van der Waals surface area (Å²) in [4.78, 5) is 23.8. The monoisotopic (exact) mass is 398 g/mol. The average molecular weight is 399 g/mol. The van der Waals surface area contributed by atoms with Gasteiger partial charge >= 0.3 is 0 Å². The van der Waals surface area contributed by atoms with E-state index in [1.165, 1.54) is 0 Å². The van der Waals surface area contributed by atoms with Crippen LogP contribution in [0.5, 0.6) is 0 Å². The SMILES string of the molecule is CCc1cc(N2CCC(NC(=O)c3cnn(C4CCOCC4)c3C)CC2)ncn1. The van der Waals surface area contributed by atoms with Gasteiger partial charge in [-0.3, -0.25) is 9.48 Å². The predicted molar refractivity (Wildman–Crippen MR) is 110 cm³/mol. The molecule has 0 bridgehead atoms. The number of anilines is 1. The van der Waals surface area contributed by atoms with E-state index in [1.807, 2.05) is 11.6 Å². The van der Waals surface area contributed by atoms with Crippen LogP contribution in [0.2, 0.25) is 0 Å². The first-order chi connectivity index (χ1) is 14.2. The number of hydrogen-bond donors (Lipinski definition) is 1. The summed E-state index contributed by atoms with van der Waals surface area (Å²) in [5, 5.41) is 7.71. The highest BCUT2D eigenvalue weighted by Crippen LogP contribution is 2.24. The van der Waals surface area contributed by atoms with Crippen molar-refractivity contribution >= 4 is 11.7 Å². The number of hydrogen-bond acceptors (Lipinski definition) is 6. The number of nitrogens with zero attached hydrogens (tertiary/aromatic N) is 5. The van der Waals surface area contributed by atoms with Crippen molar-refractivity contribution in [2.45, 2.75) is 58.0 Å². The zero-order valence-corrected chi connectivity index (χ0v) is 17.3. The van der Waals surface area contributed by atoms with Crippen LogP contribution in [0.25, 0.3) is 0 Å². The van der Waals surface area contributed by atoms with Crippen LogP contribution in [-0.2, 0) is 11.2 Å². The summed E-state index contributed by atoms with van der Waals surface area (Å²) < 4.78 is 7.44. The van der Waals surface area contributed by atoms with Crippen LogP contribution in [0.15, 0.2) is 18.6 Å². The molecule has 2 aliphatic heterocycles. The van der Waals surface area contributed by atoms with Crippen molar-refractivity contribution < 1.29 is 9.53 Å². The molecular formula is C21H30N6O2. The molecule has 0 aromatic carbocycles. The van der Waals surface area contributed by atoms with E-state index in [2.05, 4.69) is 38.3 Å². The number of amides is 1. The summed E-state index contributed by atoms with van der Waals surface area (Å²) in [7, 11) is 0. The van der Waals surface area contributed by atoms with E-state index >= 15 is 0 Å². The lowest BCUT2D eigenvalue weighted by Gasteiger charge is -2.33. The van der Waals surface area contributed by atoms with E-state index < -0.39 is 0 Å². The van der Waals surface area contributed by atoms with Crippen molar-refractivity contribution in [3.8, 4) is 0 Å². The van der Waals surface area contributed by atoms with Crippen LogP contribution in [-0.4, -0.2) is 58.0 Å². The van der Waals surface area contributed by atoms with Gasteiger partial charge in [0, 0.05) is 49.8 Å². The van der Waals surface area contributed by atoms with Crippen molar-refractivity contribution in [1.29, 1.82) is 0 Å². The lowest BCUT2D eigenvalue weighted by Crippen LogP contribution is -2.45. The number of piperidine rings is 1. The molecule has 8 nitrogen and oxygen atoms in total. The molecule has 29 heavy (non-hydrogen) atoms. The van der Waals surface area contributed by atoms with Crippen molar-refractivity contribution in [1.82, 2.24) is 25.1 Å². The zero-order valence-electron chi connectivity index (χ0n) is 17.3. The molecular weight excluding hydrogens is 368 g/mol. The van der Waals surface area contributed by atoms with Gasteiger partial charge in [0.15, 0.2) is 0 Å². The molecule has 0 radical (unpaired) electrons. The summed E-state index contributed by atoms with van der Waals surface area (Å²) in [5.41, 5.74) is 2.68. The van der Waals surface area contributed by atoms with Crippen LogP contribution in [0.4, 0.5) is 5.82 Å². The number of nitrogens with one attached hydrogen (secondary N) is 1. The largest absolute Gasteiger partial charge is 0.381 e. The summed E-state index contributed by atoms with van der Waals surface area (Å²) in [6, 6.07) is 2.57. The van der Waals surface area contributed by atoms with Crippen molar-refractivity contribution in [3.05, 3.63) is 35.5 Å². The molecule has 2 aromatic rings. The Labute approximate surface area is 171 Å². The summed E-state index contributed by atoms with van der Waals surface area (Å²) in [6.07, 6.45) is 7.97. The van der Waals surface area contributed by atoms with E-state index in [9.17, 15) is 4.79 Å². The van der Waals surface area contributed by atoms with Gasteiger partial charge < -0.3 is 15.0 Å². The third-order valence-electron chi connectivity index (χ3n) is 6.05. The minimum absolute atomic E-state index is 0.0189. The number of aromatic nitrogens is 4. The van der Waals surface area contributed by atoms with Crippen LogP contribution < -0.4 is 10.2 Å². The van der Waals surface area contributed by atoms with Gasteiger partial charge in [0.2, 0.25) is 0 Å². The molecule has 0 aliphatic carbocycles. The van der Waals surface area contributed by atoms with E-state index in [1.54, 1.807) is 12.5 Å². The standard InChI is InChI=1S/C21H30N6O2/c1-3-16-12-20(23-14-22-16)26-8-4-17(5-9-26)25-21(28)19-13-24-27(15(19)2)18-6-10-29-11-7-18/h12-14,17-18H,3-11H2,1-2H3,(H,25,28). The molecule has 156 valence electrons. The summed E-state index contributed by atoms with van der Waals surface area (Å²) >= 11 is 0. The summed E-state index contributed by atoms with van der Waals surface area (Å²) in [6.45, 7) is 7.36. The molecule has 4 rings (SSSR count). The zero-order chi connectivity index (χ0) is 20.2. The Bertz CT molecular complexity index is 837. The Hall–Kier alpha value is -2.48. The number of rotatable bonds is 5. The van der Waals surface area contributed by atoms with Gasteiger partial charge in [-0.1, -0.05) is 6.92 Å². The molecule has 0 atom stereocenters. The Kier molecular flexibility index (Phi) is 6.08. The van der Waals surface area contributed by atoms with Crippen LogP contribution in [0.1, 0.15) is 60.4 Å². The maximum absolute atomic E-state index is 12.8. The molecule has 1 N–H and O–H groups in total. The fraction of sp³-hybridized carbons (Fsp3) is 0.619.